The van der Waals surface area contributed by atoms with E-state index in [1.54, 1.807) is 25.3 Å². The highest BCUT2D eigenvalue weighted by Gasteiger charge is 2.04. The number of aryl methyl sites for hydroxylation is 1. The van der Waals surface area contributed by atoms with Crippen LogP contribution >= 0.6 is 0 Å². The molecule has 0 aromatic heterocycles. The standard InChI is InChI=1S/C14H15NO2/c1-10-4-3-5-12(8-10)17-14-9-11(16-2)6-7-13(14)15/h3-9H,15H2,1-2H3. The normalized spacial score (nSPS) is 10.0. The molecule has 0 bridgehead atoms. The maximum atomic E-state index is 5.85. The van der Waals surface area contributed by atoms with Crippen molar-refractivity contribution in [1.82, 2.24) is 0 Å². The zero-order valence-electron chi connectivity index (χ0n) is 9.94. The Morgan fingerprint density at radius 2 is 1.82 bits per heavy atom. The number of nitrogen functional groups attached to an aromatic ring is 1. The van der Waals surface area contributed by atoms with Crippen LogP contribution in [0.25, 0.3) is 0 Å². The highest BCUT2D eigenvalue weighted by atomic mass is 16.5. The molecule has 2 aromatic rings. The molecule has 0 heterocycles. The number of ether oxygens (including phenoxy) is 2. The largest absolute Gasteiger partial charge is 0.497 e. The second kappa shape index (κ2) is 4.78. The Labute approximate surface area is 101 Å². The lowest BCUT2D eigenvalue weighted by atomic mass is 10.2. The summed E-state index contributed by atoms with van der Waals surface area (Å²) in [5.74, 6) is 2.10. The monoisotopic (exact) mass is 229 g/mol. The lowest BCUT2D eigenvalue weighted by molar-refractivity contribution is 0.409. The maximum absolute atomic E-state index is 5.85. The van der Waals surface area contributed by atoms with Gasteiger partial charge in [0.1, 0.15) is 11.5 Å². The van der Waals surface area contributed by atoms with E-state index in [1.165, 1.54) is 0 Å². The second-order valence-electron chi connectivity index (χ2n) is 3.82. The minimum absolute atomic E-state index is 0.590. The first-order valence-corrected chi connectivity index (χ1v) is 5.37. The van der Waals surface area contributed by atoms with Crippen molar-refractivity contribution in [3.63, 3.8) is 0 Å². The van der Waals surface area contributed by atoms with E-state index in [2.05, 4.69) is 0 Å². The molecule has 0 spiro atoms. The molecule has 3 nitrogen and oxygen atoms in total. The summed E-state index contributed by atoms with van der Waals surface area (Å²) < 4.78 is 10.9. The lowest BCUT2D eigenvalue weighted by Gasteiger charge is -2.10. The van der Waals surface area contributed by atoms with E-state index < -0.39 is 0 Å². The summed E-state index contributed by atoms with van der Waals surface area (Å²) in [5.41, 5.74) is 7.58. The third-order valence-corrected chi connectivity index (χ3v) is 2.44. The molecule has 0 unspecified atom stereocenters. The molecule has 2 aromatic carbocycles. The Hall–Kier alpha value is -2.16. The van der Waals surface area contributed by atoms with Gasteiger partial charge in [-0.3, -0.25) is 0 Å². The number of benzene rings is 2. The van der Waals surface area contributed by atoms with Crippen molar-refractivity contribution >= 4 is 5.69 Å². The van der Waals surface area contributed by atoms with E-state index >= 15 is 0 Å². The molecule has 0 atom stereocenters. The summed E-state index contributed by atoms with van der Waals surface area (Å²) >= 11 is 0. The fraction of sp³-hybridized carbons (Fsp3) is 0.143. The molecule has 0 aliphatic carbocycles. The van der Waals surface area contributed by atoms with Crippen molar-refractivity contribution in [3.05, 3.63) is 48.0 Å². The Bertz CT molecular complexity index is 523. The van der Waals surface area contributed by atoms with E-state index in [0.717, 1.165) is 17.1 Å². The molecule has 0 radical (unpaired) electrons. The summed E-state index contributed by atoms with van der Waals surface area (Å²) in [6, 6.07) is 13.2. The molecule has 3 heteroatoms. The Kier molecular flexibility index (Phi) is 3.19. The number of hydrogen-bond donors (Lipinski definition) is 1. The van der Waals surface area contributed by atoms with Crippen LogP contribution in [0.1, 0.15) is 5.56 Å². The van der Waals surface area contributed by atoms with Gasteiger partial charge in [0.25, 0.3) is 0 Å². The second-order valence-corrected chi connectivity index (χ2v) is 3.82. The SMILES string of the molecule is COc1ccc(N)c(Oc2cccc(C)c2)c1. The van der Waals surface area contributed by atoms with Crippen LogP contribution in [0.15, 0.2) is 42.5 Å². The van der Waals surface area contributed by atoms with Crippen molar-refractivity contribution in [1.29, 1.82) is 0 Å². The first kappa shape index (κ1) is 11.3. The Morgan fingerprint density at radius 1 is 1.00 bits per heavy atom. The van der Waals surface area contributed by atoms with Crippen LogP contribution in [0.2, 0.25) is 0 Å². The minimum Gasteiger partial charge on any atom is -0.497 e. The van der Waals surface area contributed by atoms with Crippen molar-refractivity contribution in [2.45, 2.75) is 6.92 Å². The van der Waals surface area contributed by atoms with Crippen molar-refractivity contribution in [2.75, 3.05) is 12.8 Å². The van der Waals surface area contributed by atoms with Crippen LogP contribution < -0.4 is 15.2 Å². The van der Waals surface area contributed by atoms with Gasteiger partial charge in [0.05, 0.1) is 12.8 Å². The van der Waals surface area contributed by atoms with Gasteiger partial charge in [-0.15, -0.1) is 0 Å². The zero-order chi connectivity index (χ0) is 12.3. The van der Waals surface area contributed by atoms with E-state index in [-0.39, 0.29) is 0 Å². The summed E-state index contributed by atoms with van der Waals surface area (Å²) in [6.07, 6.45) is 0. The van der Waals surface area contributed by atoms with Crippen LogP contribution in [0, 0.1) is 6.92 Å². The highest BCUT2D eigenvalue weighted by molar-refractivity contribution is 5.57. The molecule has 0 saturated heterocycles. The van der Waals surface area contributed by atoms with E-state index in [1.807, 2.05) is 31.2 Å². The number of nitrogens with two attached hydrogens (primary N) is 1. The number of methoxy groups -OCH3 is 1. The quantitative estimate of drug-likeness (QED) is 0.820. The van der Waals surface area contributed by atoms with Crippen molar-refractivity contribution in [2.24, 2.45) is 0 Å². The van der Waals surface area contributed by atoms with Crippen LogP contribution in [0.4, 0.5) is 5.69 Å². The first-order chi connectivity index (χ1) is 8.19. The average Bonchev–Trinajstić information content (AvgIpc) is 2.32. The molecular formula is C14H15NO2. The average molecular weight is 229 g/mol. The van der Waals surface area contributed by atoms with Crippen molar-refractivity contribution < 1.29 is 9.47 Å². The van der Waals surface area contributed by atoms with Gasteiger partial charge in [0.15, 0.2) is 5.75 Å². The van der Waals surface area contributed by atoms with Gasteiger partial charge in [-0.25, -0.2) is 0 Å². The van der Waals surface area contributed by atoms with Crippen molar-refractivity contribution in [3.8, 4) is 17.2 Å². The first-order valence-electron chi connectivity index (χ1n) is 5.37. The summed E-state index contributed by atoms with van der Waals surface area (Å²) in [5, 5.41) is 0. The molecule has 0 saturated carbocycles. The lowest BCUT2D eigenvalue weighted by Crippen LogP contribution is -1.93. The zero-order valence-corrected chi connectivity index (χ0v) is 9.94. The van der Waals surface area contributed by atoms with Gasteiger partial charge >= 0.3 is 0 Å². The molecule has 0 aliphatic heterocycles. The van der Waals surface area contributed by atoms with Gasteiger partial charge in [-0.1, -0.05) is 12.1 Å². The van der Waals surface area contributed by atoms with Gasteiger partial charge < -0.3 is 15.2 Å². The summed E-state index contributed by atoms with van der Waals surface area (Å²) in [4.78, 5) is 0. The van der Waals surface area contributed by atoms with Gasteiger partial charge in [0, 0.05) is 6.07 Å². The third kappa shape index (κ3) is 2.69. The Morgan fingerprint density at radius 3 is 2.53 bits per heavy atom. The van der Waals surface area contributed by atoms with Gasteiger partial charge in [0.2, 0.25) is 0 Å². The Balaban J connectivity index is 2.29. The molecule has 2 N–H and O–H groups in total. The topological polar surface area (TPSA) is 44.5 Å². The maximum Gasteiger partial charge on any atom is 0.153 e. The highest BCUT2D eigenvalue weighted by Crippen LogP contribution is 2.31. The smallest absolute Gasteiger partial charge is 0.153 e. The van der Waals surface area contributed by atoms with E-state index in [0.29, 0.717) is 11.4 Å². The molecular weight excluding hydrogens is 214 g/mol. The molecule has 2 rings (SSSR count). The van der Waals surface area contributed by atoms with Crippen LogP contribution in [-0.2, 0) is 0 Å². The fourth-order valence-electron chi connectivity index (χ4n) is 1.54. The molecule has 17 heavy (non-hydrogen) atoms. The van der Waals surface area contributed by atoms with Crippen LogP contribution in [0.5, 0.6) is 17.2 Å². The van der Waals surface area contributed by atoms with Crippen LogP contribution in [-0.4, -0.2) is 7.11 Å². The fourth-order valence-corrected chi connectivity index (χ4v) is 1.54. The minimum atomic E-state index is 0.590. The number of rotatable bonds is 3. The van der Waals surface area contributed by atoms with Gasteiger partial charge in [-0.2, -0.15) is 0 Å². The molecule has 88 valence electrons. The van der Waals surface area contributed by atoms with E-state index in [9.17, 15) is 0 Å². The predicted molar refractivity (Wildman–Crippen MR) is 68.7 cm³/mol. The predicted octanol–water partition coefficient (Wildman–Crippen LogP) is 3.38. The van der Waals surface area contributed by atoms with Gasteiger partial charge in [-0.05, 0) is 36.8 Å². The number of anilines is 1. The molecule has 0 aliphatic rings. The molecule has 0 amide bonds. The van der Waals surface area contributed by atoms with Crippen LogP contribution in [0.3, 0.4) is 0 Å². The van der Waals surface area contributed by atoms with E-state index in [4.69, 9.17) is 15.2 Å². The third-order valence-electron chi connectivity index (χ3n) is 2.44. The summed E-state index contributed by atoms with van der Waals surface area (Å²) in [6.45, 7) is 2.02. The molecule has 0 fully saturated rings. The number of hydrogen-bond acceptors (Lipinski definition) is 3. The summed E-state index contributed by atoms with van der Waals surface area (Å²) in [7, 11) is 1.61.